The van der Waals surface area contributed by atoms with Crippen LogP contribution in [0, 0.1) is 5.41 Å². The molecule has 18 heavy (non-hydrogen) atoms. The van der Waals surface area contributed by atoms with Gasteiger partial charge in [-0.2, -0.15) is 13.2 Å². The lowest BCUT2D eigenvalue weighted by Crippen LogP contribution is -2.49. The van der Waals surface area contributed by atoms with E-state index >= 15 is 0 Å². The molecule has 1 aliphatic heterocycles. The Balaban J connectivity index is 2.59. The summed E-state index contributed by atoms with van der Waals surface area (Å²) in [6.07, 6.45) is -4.28. The zero-order valence-corrected chi connectivity index (χ0v) is 10.0. The summed E-state index contributed by atoms with van der Waals surface area (Å²) >= 11 is 0. The molecule has 2 N–H and O–H groups in total. The quantitative estimate of drug-likeness (QED) is 0.796. The number of amides is 2. The van der Waals surface area contributed by atoms with Gasteiger partial charge in [-0.3, -0.25) is 4.79 Å². The monoisotopic (exact) mass is 268 g/mol. The van der Waals surface area contributed by atoms with Crippen LogP contribution in [-0.2, 0) is 4.79 Å². The first-order valence-corrected chi connectivity index (χ1v) is 5.42. The number of alkyl halides is 3. The molecule has 0 aromatic carbocycles. The molecule has 1 aliphatic rings. The first kappa shape index (κ1) is 14.6. The van der Waals surface area contributed by atoms with E-state index in [4.69, 9.17) is 5.11 Å². The molecule has 2 unspecified atom stereocenters. The summed E-state index contributed by atoms with van der Waals surface area (Å²) in [5, 5.41) is 10.8. The molecule has 2 amide bonds. The minimum Gasteiger partial charge on any atom is -0.481 e. The van der Waals surface area contributed by atoms with Gasteiger partial charge in [0.25, 0.3) is 0 Å². The van der Waals surface area contributed by atoms with Crippen molar-refractivity contribution in [3.63, 3.8) is 0 Å². The van der Waals surface area contributed by atoms with Gasteiger partial charge in [0.1, 0.15) is 6.04 Å². The van der Waals surface area contributed by atoms with E-state index in [9.17, 15) is 22.8 Å². The minimum absolute atomic E-state index is 0.0846. The third-order valence-electron chi connectivity index (χ3n) is 3.11. The summed E-state index contributed by atoms with van der Waals surface area (Å²) in [5.74, 6) is -1.05. The summed E-state index contributed by atoms with van der Waals surface area (Å²) in [4.78, 5) is 23.6. The van der Waals surface area contributed by atoms with Crippen molar-refractivity contribution in [2.75, 3.05) is 13.1 Å². The molecule has 0 aromatic rings. The van der Waals surface area contributed by atoms with Crippen LogP contribution in [0.5, 0.6) is 0 Å². The zero-order chi connectivity index (χ0) is 14.1. The lowest BCUT2D eigenvalue weighted by Gasteiger charge is -2.23. The molecule has 8 heteroatoms. The van der Waals surface area contributed by atoms with Gasteiger partial charge < -0.3 is 15.3 Å². The summed E-state index contributed by atoms with van der Waals surface area (Å²) in [5.41, 5.74) is -1.08. The van der Waals surface area contributed by atoms with Crippen LogP contribution in [-0.4, -0.2) is 47.3 Å². The van der Waals surface area contributed by atoms with Crippen LogP contribution in [0.3, 0.4) is 0 Å². The number of carboxylic acid groups (broad SMARTS) is 1. The molecule has 104 valence electrons. The zero-order valence-electron chi connectivity index (χ0n) is 10.0. The Morgan fingerprint density at radius 1 is 1.44 bits per heavy atom. The summed E-state index contributed by atoms with van der Waals surface area (Å²) in [7, 11) is 0. The molecule has 1 rings (SSSR count). The predicted octanol–water partition coefficient (Wildman–Crippen LogP) is 1.44. The van der Waals surface area contributed by atoms with E-state index in [-0.39, 0.29) is 19.5 Å². The number of carboxylic acids is 1. The number of nitrogens with one attached hydrogen (secondary N) is 1. The molecule has 0 aliphatic carbocycles. The van der Waals surface area contributed by atoms with Crippen molar-refractivity contribution in [2.45, 2.75) is 32.5 Å². The van der Waals surface area contributed by atoms with Gasteiger partial charge in [-0.25, -0.2) is 4.79 Å². The van der Waals surface area contributed by atoms with Gasteiger partial charge in [-0.05, 0) is 20.3 Å². The fraction of sp³-hybridized carbons (Fsp3) is 0.800. The van der Waals surface area contributed by atoms with E-state index in [1.54, 1.807) is 0 Å². The van der Waals surface area contributed by atoms with Crippen LogP contribution in [0.15, 0.2) is 0 Å². The van der Waals surface area contributed by atoms with E-state index in [0.29, 0.717) is 0 Å². The number of carbonyl (C=O) groups is 2. The van der Waals surface area contributed by atoms with Crippen molar-refractivity contribution < 1.29 is 27.9 Å². The standard InChI is InChI=1S/C10H15F3N2O3/c1-6(10(11,12)13)14-8(18)15-4-3-9(2,5-15)7(16)17/h6H,3-5H2,1-2H3,(H,14,18)(H,16,17). The highest BCUT2D eigenvalue weighted by atomic mass is 19.4. The Labute approximate surface area is 102 Å². The second kappa shape index (κ2) is 4.66. The topological polar surface area (TPSA) is 69.6 Å². The molecule has 0 saturated carbocycles. The number of carbonyl (C=O) groups excluding carboxylic acids is 1. The molecule has 1 heterocycles. The van der Waals surface area contributed by atoms with Gasteiger partial charge in [0.2, 0.25) is 0 Å². The first-order chi connectivity index (χ1) is 8.06. The van der Waals surface area contributed by atoms with Gasteiger partial charge in [-0.15, -0.1) is 0 Å². The van der Waals surface area contributed by atoms with Crippen LogP contribution < -0.4 is 5.32 Å². The number of aliphatic carboxylic acids is 1. The number of hydrogen-bond acceptors (Lipinski definition) is 2. The van der Waals surface area contributed by atoms with Gasteiger partial charge in [0.05, 0.1) is 5.41 Å². The van der Waals surface area contributed by atoms with E-state index in [1.165, 1.54) is 6.92 Å². The lowest BCUT2D eigenvalue weighted by molar-refractivity contribution is -0.150. The third-order valence-corrected chi connectivity index (χ3v) is 3.11. The highest BCUT2D eigenvalue weighted by Crippen LogP contribution is 2.30. The van der Waals surface area contributed by atoms with Crippen LogP contribution >= 0.6 is 0 Å². The second-order valence-corrected chi connectivity index (χ2v) is 4.75. The fourth-order valence-electron chi connectivity index (χ4n) is 1.67. The van der Waals surface area contributed by atoms with Gasteiger partial charge in [-0.1, -0.05) is 0 Å². The normalized spacial score (nSPS) is 25.9. The molecule has 5 nitrogen and oxygen atoms in total. The molecule has 1 fully saturated rings. The van der Waals surface area contributed by atoms with Crippen molar-refractivity contribution in [1.29, 1.82) is 0 Å². The highest BCUT2D eigenvalue weighted by molar-refractivity contribution is 5.79. The van der Waals surface area contributed by atoms with E-state index in [0.717, 1.165) is 11.8 Å². The van der Waals surface area contributed by atoms with Crippen LogP contribution in [0.2, 0.25) is 0 Å². The SMILES string of the molecule is CC(NC(=O)N1CCC(C)(C(=O)O)C1)C(F)(F)F. The minimum atomic E-state index is -4.51. The molecular weight excluding hydrogens is 253 g/mol. The molecule has 0 radical (unpaired) electrons. The van der Waals surface area contributed by atoms with Crippen molar-refractivity contribution in [3.05, 3.63) is 0 Å². The van der Waals surface area contributed by atoms with Gasteiger partial charge in [0.15, 0.2) is 0 Å². The van der Waals surface area contributed by atoms with E-state index in [2.05, 4.69) is 0 Å². The Bertz CT molecular complexity index is 359. The molecule has 0 aromatic heterocycles. The number of rotatable bonds is 2. The van der Waals surface area contributed by atoms with Crippen molar-refractivity contribution >= 4 is 12.0 Å². The average Bonchev–Trinajstić information content (AvgIpc) is 2.61. The number of likely N-dealkylation sites (tertiary alicyclic amines) is 1. The maximum absolute atomic E-state index is 12.2. The molecular formula is C10H15F3N2O3. The van der Waals surface area contributed by atoms with Crippen molar-refractivity contribution in [2.24, 2.45) is 5.41 Å². The van der Waals surface area contributed by atoms with Crippen molar-refractivity contribution in [3.8, 4) is 0 Å². The molecule has 0 spiro atoms. The first-order valence-electron chi connectivity index (χ1n) is 5.42. The Kier molecular flexibility index (Phi) is 3.78. The predicted molar refractivity (Wildman–Crippen MR) is 56.0 cm³/mol. The number of halogens is 3. The highest BCUT2D eigenvalue weighted by Gasteiger charge is 2.44. The molecule has 2 atom stereocenters. The molecule has 0 bridgehead atoms. The Morgan fingerprint density at radius 3 is 2.39 bits per heavy atom. The average molecular weight is 268 g/mol. The molecule has 1 saturated heterocycles. The maximum Gasteiger partial charge on any atom is 0.408 e. The van der Waals surface area contributed by atoms with E-state index in [1.807, 2.05) is 5.32 Å². The number of hydrogen-bond donors (Lipinski definition) is 2. The lowest BCUT2D eigenvalue weighted by atomic mass is 9.90. The van der Waals surface area contributed by atoms with Crippen LogP contribution in [0.4, 0.5) is 18.0 Å². The summed E-state index contributed by atoms with van der Waals surface area (Å²) < 4.78 is 36.7. The number of nitrogens with zero attached hydrogens (tertiary/aromatic N) is 1. The van der Waals surface area contributed by atoms with Gasteiger partial charge in [0, 0.05) is 13.1 Å². The second-order valence-electron chi connectivity index (χ2n) is 4.75. The number of urea groups is 1. The maximum atomic E-state index is 12.2. The van der Waals surface area contributed by atoms with Crippen LogP contribution in [0.25, 0.3) is 0 Å². The third kappa shape index (κ3) is 3.05. The smallest absolute Gasteiger partial charge is 0.408 e. The van der Waals surface area contributed by atoms with Crippen molar-refractivity contribution in [1.82, 2.24) is 10.2 Å². The van der Waals surface area contributed by atoms with Crippen LogP contribution in [0.1, 0.15) is 20.3 Å². The summed E-state index contributed by atoms with van der Waals surface area (Å²) in [6, 6.07) is -2.84. The Morgan fingerprint density at radius 2 is 2.00 bits per heavy atom. The largest absolute Gasteiger partial charge is 0.481 e. The Hall–Kier alpha value is -1.47. The fourth-order valence-corrected chi connectivity index (χ4v) is 1.67. The summed E-state index contributed by atoms with van der Waals surface area (Å²) in [6.45, 7) is 2.36. The van der Waals surface area contributed by atoms with Gasteiger partial charge >= 0.3 is 18.2 Å². The van der Waals surface area contributed by atoms with E-state index < -0.39 is 29.6 Å².